The lowest BCUT2D eigenvalue weighted by molar-refractivity contribution is 0.408. The molecule has 0 bridgehead atoms. The van der Waals surface area contributed by atoms with Crippen LogP contribution in [-0.4, -0.2) is 6.54 Å². The average molecular weight is 336 g/mol. The molecule has 1 unspecified atom stereocenters. The molecule has 0 spiro atoms. The van der Waals surface area contributed by atoms with Gasteiger partial charge in [0, 0.05) is 0 Å². The van der Waals surface area contributed by atoms with Crippen LogP contribution in [0.3, 0.4) is 0 Å². The molecule has 2 rings (SSSR count). The van der Waals surface area contributed by atoms with Crippen molar-refractivity contribution in [1.82, 2.24) is 5.32 Å². The van der Waals surface area contributed by atoms with Crippen LogP contribution >= 0.6 is 15.9 Å². The number of nitrogens with one attached hydrogen (secondary N) is 1. The lowest BCUT2D eigenvalue weighted by atomic mass is 9.99. The minimum Gasteiger partial charge on any atom is -0.466 e. The maximum Gasteiger partial charge on any atom is 0.135 e. The normalized spacial score (nSPS) is 12.6. The predicted molar refractivity (Wildman–Crippen MR) is 87.1 cm³/mol. The fraction of sp³-hybridized carbons (Fsp3) is 0.412. The minimum atomic E-state index is 0.210. The van der Waals surface area contributed by atoms with Gasteiger partial charge in [-0.15, -0.1) is 0 Å². The van der Waals surface area contributed by atoms with E-state index in [1.54, 1.807) is 6.26 Å². The molecule has 1 heterocycles. The van der Waals surface area contributed by atoms with E-state index >= 15 is 0 Å². The van der Waals surface area contributed by atoms with Crippen molar-refractivity contribution in [2.45, 2.75) is 39.7 Å². The summed E-state index contributed by atoms with van der Waals surface area (Å²) in [5.74, 6) is 0.983. The molecule has 0 saturated heterocycles. The fourth-order valence-corrected chi connectivity index (χ4v) is 2.77. The Hall–Kier alpha value is -1.06. The summed E-state index contributed by atoms with van der Waals surface area (Å²) in [6.07, 6.45) is 3.79. The van der Waals surface area contributed by atoms with Crippen molar-refractivity contribution in [3.8, 4) is 0 Å². The number of benzene rings is 1. The lowest BCUT2D eigenvalue weighted by Crippen LogP contribution is -2.24. The molecule has 2 aromatic rings. The maximum absolute atomic E-state index is 5.64. The van der Waals surface area contributed by atoms with Crippen LogP contribution in [0.2, 0.25) is 0 Å². The van der Waals surface area contributed by atoms with Crippen molar-refractivity contribution in [2.24, 2.45) is 0 Å². The van der Waals surface area contributed by atoms with E-state index in [-0.39, 0.29) is 6.04 Å². The molecule has 1 aromatic carbocycles. The highest BCUT2D eigenvalue weighted by Crippen LogP contribution is 2.27. The van der Waals surface area contributed by atoms with Gasteiger partial charge in [-0.05, 0) is 71.9 Å². The lowest BCUT2D eigenvalue weighted by Gasteiger charge is -2.17. The van der Waals surface area contributed by atoms with Gasteiger partial charge >= 0.3 is 0 Å². The first-order chi connectivity index (χ1) is 9.61. The average Bonchev–Trinajstić information content (AvgIpc) is 2.85. The van der Waals surface area contributed by atoms with E-state index in [1.165, 1.54) is 16.7 Å². The van der Waals surface area contributed by atoms with E-state index in [0.29, 0.717) is 0 Å². The molecule has 0 amide bonds. The van der Waals surface area contributed by atoms with Gasteiger partial charge in [0.05, 0.1) is 16.8 Å². The summed E-state index contributed by atoms with van der Waals surface area (Å²) in [4.78, 5) is 0. The molecule has 2 nitrogen and oxygen atoms in total. The Bertz CT molecular complexity index is 562. The Labute approximate surface area is 129 Å². The molecule has 0 aliphatic heterocycles. The van der Waals surface area contributed by atoms with E-state index in [2.05, 4.69) is 60.2 Å². The molecule has 0 saturated carbocycles. The first-order valence-electron chi connectivity index (χ1n) is 7.14. The van der Waals surface area contributed by atoms with E-state index in [4.69, 9.17) is 4.42 Å². The second kappa shape index (κ2) is 7.09. The van der Waals surface area contributed by atoms with Gasteiger partial charge in [0.1, 0.15) is 5.76 Å². The zero-order valence-corrected chi connectivity index (χ0v) is 14.0. The monoisotopic (exact) mass is 335 g/mol. The number of rotatable bonds is 6. The van der Waals surface area contributed by atoms with Crippen molar-refractivity contribution in [1.29, 1.82) is 0 Å². The molecule has 0 fully saturated rings. The van der Waals surface area contributed by atoms with Crippen LogP contribution in [0, 0.1) is 13.8 Å². The third kappa shape index (κ3) is 3.74. The van der Waals surface area contributed by atoms with E-state index in [9.17, 15) is 0 Å². The van der Waals surface area contributed by atoms with Crippen LogP contribution < -0.4 is 5.32 Å². The summed E-state index contributed by atoms with van der Waals surface area (Å²) >= 11 is 3.56. The van der Waals surface area contributed by atoms with Gasteiger partial charge in [0.2, 0.25) is 0 Å². The second-order valence-electron chi connectivity index (χ2n) is 5.26. The first kappa shape index (κ1) is 15.3. The number of hydrogen-bond acceptors (Lipinski definition) is 2. The summed E-state index contributed by atoms with van der Waals surface area (Å²) in [5, 5.41) is 3.57. The number of furan rings is 1. The van der Waals surface area contributed by atoms with Crippen molar-refractivity contribution >= 4 is 15.9 Å². The standard InChI is InChI=1S/C17H22BrNO/c1-4-8-19-16(17-15(18)7-9-20-17)11-14-6-5-12(2)13(3)10-14/h5-7,9-10,16,19H,4,8,11H2,1-3H3. The number of halogens is 1. The van der Waals surface area contributed by atoms with Crippen molar-refractivity contribution < 1.29 is 4.42 Å². The molecule has 20 heavy (non-hydrogen) atoms. The van der Waals surface area contributed by atoms with Crippen LogP contribution in [0.4, 0.5) is 0 Å². The summed E-state index contributed by atoms with van der Waals surface area (Å²) < 4.78 is 6.68. The van der Waals surface area contributed by atoms with E-state index in [0.717, 1.165) is 29.6 Å². The van der Waals surface area contributed by atoms with Crippen molar-refractivity contribution in [3.05, 3.63) is 57.5 Å². The smallest absolute Gasteiger partial charge is 0.135 e. The van der Waals surface area contributed by atoms with Gasteiger partial charge in [0.25, 0.3) is 0 Å². The summed E-state index contributed by atoms with van der Waals surface area (Å²) in [6, 6.07) is 8.84. The third-order valence-corrected chi connectivity index (χ3v) is 4.27. The maximum atomic E-state index is 5.64. The Kier molecular flexibility index (Phi) is 5.44. The molecule has 108 valence electrons. The quantitative estimate of drug-likeness (QED) is 0.808. The highest BCUT2D eigenvalue weighted by atomic mass is 79.9. The molecular formula is C17H22BrNO. The summed E-state index contributed by atoms with van der Waals surface area (Å²) in [5.41, 5.74) is 4.02. The largest absolute Gasteiger partial charge is 0.466 e. The predicted octanol–water partition coefficient (Wildman–Crippen LogP) is 4.94. The van der Waals surface area contributed by atoms with Gasteiger partial charge in [-0.3, -0.25) is 0 Å². The molecule has 0 aliphatic carbocycles. The highest BCUT2D eigenvalue weighted by Gasteiger charge is 2.18. The van der Waals surface area contributed by atoms with Crippen molar-refractivity contribution in [2.75, 3.05) is 6.54 Å². The van der Waals surface area contributed by atoms with Crippen LogP contribution in [0.25, 0.3) is 0 Å². The number of aryl methyl sites for hydroxylation is 2. The SMILES string of the molecule is CCCNC(Cc1ccc(C)c(C)c1)c1occc1Br. The fourth-order valence-electron chi connectivity index (χ4n) is 2.30. The summed E-state index contributed by atoms with van der Waals surface area (Å²) in [7, 11) is 0. The Morgan fingerprint density at radius 2 is 2.00 bits per heavy atom. The van der Waals surface area contributed by atoms with E-state index < -0.39 is 0 Å². The molecular weight excluding hydrogens is 314 g/mol. The molecule has 0 aliphatic rings. The zero-order valence-electron chi connectivity index (χ0n) is 12.4. The van der Waals surface area contributed by atoms with Gasteiger partial charge < -0.3 is 9.73 Å². The molecule has 1 atom stereocenters. The van der Waals surface area contributed by atoms with Gasteiger partial charge in [0.15, 0.2) is 0 Å². The van der Waals surface area contributed by atoms with Crippen LogP contribution in [-0.2, 0) is 6.42 Å². The molecule has 3 heteroatoms. The van der Waals surface area contributed by atoms with E-state index in [1.807, 2.05) is 6.07 Å². The summed E-state index contributed by atoms with van der Waals surface area (Å²) in [6.45, 7) is 7.48. The zero-order chi connectivity index (χ0) is 14.5. The Balaban J connectivity index is 2.19. The van der Waals surface area contributed by atoms with Crippen LogP contribution in [0.15, 0.2) is 39.4 Å². The van der Waals surface area contributed by atoms with Crippen molar-refractivity contribution in [3.63, 3.8) is 0 Å². The first-order valence-corrected chi connectivity index (χ1v) is 7.93. The topological polar surface area (TPSA) is 25.2 Å². The highest BCUT2D eigenvalue weighted by molar-refractivity contribution is 9.10. The van der Waals surface area contributed by atoms with Gasteiger partial charge in [-0.1, -0.05) is 25.1 Å². The molecule has 1 N–H and O–H groups in total. The van der Waals surface area contributed by atoms with Crippen LogP contribution in [0.1, 0.15) is 41.8 Å². The van der Waals surface area contributed by atoms with Crippen LogP contribution in [0.5, 0.6) is 0 Å². The van der Waals surface area contributed by atoms with Gasteiger partial charge in [-0.25, -0.2) is 0 Å². The molecule has 0 radical (unpaired) electrons. The van der Waals surface area contributed by atoms with Gasteiger partial charge in [-0.2, -0.15) is 0 Å². The third-order valence-electron chi connectivity index (χ3n) is 3.61. The Morgan fingerprint density at radius 1 is 1.20 bits per heavy atom. The second-order valence-corrected chi connectivity index (χ2v) is 6.12. The minimum absolute atomic E-state index is 0.210. The Morgan fingerprint density at radius 3 is 2.60 bits per heavy atom. The molecule has 1 aromatic heterocycles. The number of hydrogen-bond donors (Lipinski definition) is 1.